The minimum absolute atomic E-state index is 0.266. The summed E-state index contributed by atoms with van der Waals surface area (Å²) < 4.78 is 14.1. The first-order valence-electron chi connectivity index (χ1n) is 6.34. The minimum atomic E-state index is -0.741. The van der Waals surface area contributed by atoms with Crippen LogP contribution >= 0.6 is 15.9 Å². The number of nitrogens with zero attached hydrogens (tertiary/aromatic N) is 1. The van der Waals surface area contributed by atoms with Gasteiger partial charge in [-0.15, -0.1) is 0 Å². The van der Waals surface area contributed by atoms with Crippen molar-refractivity contribution in [2.45, 2.75) is 19.9 Å². The van der Waals surface area contributed by atoms with E-state index in [9.17, 15) is 9.18 Å². The van der Waals surface area contributed by atoms with Crippen LogP contribution in [0.5, 0.6) is 0 Å². The van der Waals surface area contributed by atoms with Gasteiger partial charge in [0.15, 0.2) is 0 Å². The van der Waals surface area contributed by atoms with Crippen molar-refractivity contribution in [1.29, 1.82) is 0 Å². The van der Waals surface area contributed by atoms with Gasteiger partial charge < -0.3 is 5.11 Å². The lowest BCUT2D eigenvalue weighted by Crippen LogP contribution is -2.42. The Labute approximate surface area is 120 Å². The lowest BCUT2D eigenvalue weighted by Gasteiger charge is -2.34. The van der Waals surface area contributed by atoms with Gasteiger partial charge in [0, 0.05) is 24.1 Å². The van der Waals surface area contributed by atoms with Crippen LogP contribution in [0.25, 0.3) is 0 Å². The molecule has 1 N–H and O–H groups in total. The van der Waals surface area contributed by atoms with Crippen molar-refractivity contribution in [3.63, 3.8) is 0 Å². The van der Waals surface area contributed by atoms with Crippen LogP contribution < -0.4 is 0 Å². The molecule has 1 saturated heterocycles. The first-order chi connectivity index (χ1) is 8.95. The Morgan fingerprint density at radius 2 is 2.26 bits per heavy atom. The van der Waals surface area contributed by atoms with Crippen LogP contribution in [0.3, 0.4) is 0 Å². The Kier molecular flexibility index (Phi) is 4.58. The first kappa shape index (κ1) is 14.5. The molecule has 0 radical (unpaired) electrons. The molecule has 1 heterocycles. The van der Waals surface area contributed by atoms with Crippen LogP contribution in [0.4, 0.5) is 4.39 Å². The molecule has 1 aliphatic rings. The third-order valence-corrected chi connectivity index (χ3v) is 4.26. The fourth-order valence-electron chi connectivity index (χ4n) is 2.68. The van der Waals surface area contributed by atoms with E-state index in [0.717, 1.165) is 23.0 Å². The Hall–Kier alpha value is -0.940. The van der Waals surface area contributed by atoms with Gasteiger partial charge in [0.1, 0.15) is 5.82 Å². The molecule has 19 heavy (non-hydrogen) atoms. The highest BCUT2D eigenvalue weighted by Crippen LogP contribution is 2.25. The summed E-state index contributed by atoms with van der Waals surface area (Å²) in [4.78, 5) is 13.2. The maximum absolute atomic E-state index is 13.2. The molecule has 0 amide bonds. The number of halogens is 2. The van der Waals surface area contributed by atoms with Crippen LogP contribution in [-0.4, -0.2) is 29.1 Å². The van der Waals surface area contributed by atoms with Crippen molar-refractivity contribution >= 4 is 21.9 Å². The average Bonchev–Trinajstić information content (AvgIpc) is 2.33. The highest BCUT2D eigenvalue weighted by atomic mass is 79.9. The predicted molar refractivity (Wildman–Crippen MR) is 74.3 cm³/mol. The van der Waals surface area contributed by atoms with Crippen molar-refractivity contribution < 1.29 is 14.3 Å². The van der Waals surface area contributed by atoms with Gasteiger partial charge in [0.05, 0.1) is 5.92 Å². The lowest BCUT2D eigenvalue weighted by molar-refractivity contribution is -0.144. The van der Waals surface area contributed by atoms with E-state index < -0.39 is 5.97 Å². The number of piperidine rings is 1. The van der Waals surface area contributed by atoms with Crippen LogP contribution in [0.2, 0.25) is 0 Å². The fourth-order valence-corrected chi connectivity index (χ4v) is 3.05. The third kappa shape index (κ3) is 3.76. The molecular weight excluding hydrogens is 313 g/mol. The van der Waals surface area contributed by atoms with E-state index in [-0.39, 0.29) is 11.7 Å². The van der Waals surface area contributed by atoms with Gasteiger partial charge >= 0.3 is 5.97 Å². The number of hydrogen-bond donors (Lipinski definition) is 1. The molecule has 104 valence electrons. The average molecular weight is 330 g/mol. The van der Waals surface area contributed by atoms with Crippen molar-refractivity contribution in [2.24, 2.45) is 11.8 Å². The Morgan fingerprint density at radius 1 is 1.53 bits per heavy atom. The Bertz CT molecular complexity index is 481. The molecule has 0 bridgehead atoms. The largest absolute Gasteiger partial charge is 0.481 e. The molecule has 0 saturated carbocycles. The third-order valence-electron chi connectivity index (χ3n) is 3.49. The smallest absolute Gasteiger partial charge is 0.307 e. The summed E-state index contributed by atoms with van der Waals surface area (Å²) in [7, 11) is 0. The van der Waals surface area contributed by atoms with Gasteiger partial charge in [0.2, 0.25) is 0 Å². The second-order valence-electron chi connectivity index (χ2n) is 5.31. The molecule has 2 rings (SSSR count). The zero-order chi connectivity index (χ0) is 14.0. The van der Waals surface area contributed by atoms with Gasteiger partial charge in [-0.05, 0) is 36.1 Å². The quantitative estimate of drug-likeness (QED) is 0.926. The molecule has 1 aromatic carbocycles. The van der Waals surface area contributed by atoms with Crippen molar-refractivity contribution in [1.82, 2.24) is 4.90 Å². The van der Waals surface area contributed by atoms with E-state index in [0.29, 0.717) is 19.0 Å². The zero-order valence-electron chi connectivity index (χ0n) is 10.8. The van der Waals surface area contributed by atoms with Crippen LogP contribution in [0.1, 0.15) is 18.9 Å². The van der Waals surface area contributed by atoms with Crippen LogP contribution in [0.15, 0.2) is 22.7 Å². The Balaban J connectivity index is 2.09. The molecule has 0 aliphatic carbocycles. The predicted octanol–water partition coefficient (Wildman–Crippen LogP) is 3.13. The van der Waals surface area contributed by atoms with Crippen LogP contribution in [0, 0.1) is 17.7 Å². The molecule has 0 aromatic heterocycles. The van der Waals surface area contributed by atoms with Gasteiger partial charge in [0.25, 0.3) is 0 Å². The van der Waals surface area contributed by atoms with Crippen LogP contribution in [-0.2, 0) is 11.3 Å². The van der Waals surface area contributed by atoms with E-state index in [4.69, 9.17) is 5.11 Å². The standard InChI is InChI=1S/C14H17BrFNO2/c1-9-4-11(14(18)19)8-17(6-9)7-10-5-12(16)2-3-13(10)15/h2-3,5,9,11H,4,6-8H2,1H3,(H,18,19). The number of benzene rings is 1. The molecule has 1 aromatic rings. The Morgan fingerprint density at radius 3 is 2.95 bits per heavy atom. The number of rotatable bonds is 3. The van der Waals surface area contributed by atoms with Gasteiger partial charge in [-0.1, -0.05) is 22.9 Å². The highest BCUT2D eigenvalue weighted by molar-refractivity contribution is 9.10. The first-order valence-corrected chi connectivity index (χ1v) is 7.14. The zero-order valence-corrected chi connectivity index (χ0v) is 12.4. The summed E-state index contributed by atoms with van der Waals surface area (Å²) in [5, 5.41) is 9.14. The highest BCUT2D eigenvalue weighted by Gasteiger charge is 2.29. The van der Waals surface area contributed by atoms with E-state index in [1.165, 1.54) is 12.1 Å². The maximum atomic E-state index is 13.2. The molecule has 2 atom stereocenters. The fraction of sp³-hybridized carbons (Fsp3) is 0.500. The van der Waals surface area contributed by atoms with Gasteiger partial charge in [-0.3, -0.25) is 9.69 Å². The molecule has 1 fully saturated rings. The topological polar surface area (TPSA) is 40.5 Å². The van der Waals surface area contributed by atoms with E-state index in [1.54, 1.807) is 6.07 Å². The van der Waals surface area contributed by atoms with Gasteiger partial charge in [-0.2, -0.15) is 0 Å². The minimum Gasteiger partial charge on any atom is -0.481 e. The van der Waals surface area contributed by atoms with Gasteiger partial charge in [-0.25, -0.2) is 4.39 Å². The summed E-state index contributed by atoms with van der Waals surface area (Å²) in [6, 6.07) is 4.60. The molecule has 3 nitrogen and oxygen atoms in total. The SMILES string of the molecule is CC1CC(C(=O)O)CN(Cc2cc(F)ccc2Br)C1. The van der Waals surface area contributed by atoms with E-state index in [1.807, 2.05) is 0 Å². The summed E-state index contributed by atoms with van der Waals surface area (Å²) in [6.07, 6.45) is 0.718. The summed E-state index contributed by atoms with van der Waals surface area (Å²) in [5.74, 6) is -0.980. The number of carbonyl (C=O) groups is 1. The number of likely N-dealkylation sites (tertiary alicyclic amines) is 1. The molecular formula is C14H17BrFNO2. The summed E-state index contributed by atoms with van der Waals surface area (Å²) in [5.41, 5.74) is 0.859. The monoisotopic (exact) mass is 329 g/mol. The number of hydrogen-bond acceptors (Lipinski definition) is 2. The second kappa shape index (κ2) is 6.01. The second-order valence-corrected chi connectivity index (χ2v) is 6.16. The number of carboxylic acids is 1. The molecule has 5 heteroatoms. The summed E-state index contributed by atoms with van der Waals surface area (Å²) in [6.45, 7) is 4.02. The van der Waals surface area contributed by atoms with Crippen molar-refractivity contribution in [3.8, 4) is 0 Å². The number of aliphatic carboxylic acids is 1. The normalized spacial score (nSPS) is 24.4. The molecule has 2 unspecified atom stereocenters. The van der Waals surface area contributed by atoms with Crippen molar-refractivity contribution in [3.05, 3.63) is 34.1 Å². The molecule has 1 aliphatic heterocycles. The molecule has 0 spiro atoms. The number of carboxylic acid groups (broad SMARTS) is 1. The van der Waals surface area contributed by atoms with E-state index >= 15 is 0 Å². The maximum Gasteiger partial charge on any atom is 0.307 e. The summed E-state index contributed by atoms with van der Waals surface area (Å²) >= 11 is 3.41. The van der Waals surface area contributed by atoms with E-state index in [2.05, 4.69) is 27.8 Å². The van der Waals surface area contributed by atoms with Crippen molar-refractivity contribution in [2.75, 3.05) is 13.1 Å². The lowest BCUT2D eigenvalue weighted by atomic mass is 9.90.